The van der Waals surface area contributed by atoms with Gasteiger partial charge in [-0.1, -0.05) is 0 Å². The molecule has 2 aliphatic heterocycles. The lowest BCUT2D eigenvalue weighted by Gasteiger charge is -2.39. The maximum atomic E-state index is 12.9. The minimum Gasteiger partial charge on any atom is -0.497 e. The lowest BCUT2D eigenvalue weighted by atomic mass is 9.76. The number of hydrogen-bond acceptors (Lipinski definition) is 5. The molecule has 1 spiro atoms. The number of likely N-dealkylation sites (N-methyl/N-ethyl adjacent to an activating group) is 1. The Morgan fingerprint density at radius 2 is 1.74 bits per heavy atom. The number of nitrogens with zero attached hydrogens (tertiary/aromatic N) is 2. The van der Waals surface area contributed by atoms with Crippen LogP contribution in [-0.4, -0.2) is 77.7 Å². The molecule has 1 atom stereocenters. The normalized spacial score (nSPS) is 22.0. The first-order valence-corrected chi connectivity index (χ1v) is 8.89. The van der Waals surface area contributed by atoms with Crippen LogP contribution in [0.1, 0.15) is 40.0 Å². The Morgan fingerprint density at radius 3 is 2.26 bits per heavy atom. The molecule has 1 aromatic rings. The zero-order chi connectivity index (χ0) is 19.8. The van der Waals surface area contributed by atoms with Crippen LogP contribution in [0.5, 0.6) is 5.75 Å². The molecule has 2 fully saturated rings. The molecule has 1 amide bonds. The highest BCUT2D eigenvalue weighted by Gasteiger charge is 2.47. The lowest BCUT2D eigenvalue weighted by Crippen LogP contribution is -2.44. The molecule has 0 saturated carbocycles. The number of carboxylic acid groups (broad SMARTS) is 2. The van der Waals surface area contributed by atoms with Gasteiger partial charge in [0.2, 0.25) is 0 Å². The molecule has 2 heterocycles. The van der Waals surface area contributed by atoms with E-state index in [2.05, 4.69) is 0 Å². The summed E-state index contributed by atoms with van der Waals surface area (Å²) in [6, 6.07) is 3.82. The van der Waals surface area contributed by atoms with Gasteiger partial charge in [-0.15, -0.1) is 0 Å². The SMILES string of the molecule is COc1cc(C(=O)O)cc(C(=O)N2CCC3(CC2)C[C@H](C(=O)O)N(C)C3)c1. The summed E-state index contributed by atoms with van der Waals surface area (Å²) < 4.78 is 5.11. The van der Waals surface area contributed by atoms with Crippen LogP contribution in [0.15, 0.2) is 18.2 Å². The van der Waals surface area contributed by atoms with Crippen LogP contribution in [0, 0.1) is 5.41 Å². The van der Waals surface area contributed by atoms with Crippen molar-refractivity contribution in [2.45, 2.75) is 25.3 Å². The minimum atomic E-state index is -1.12. The van der Waals surface area contributed by atoms with E-state index >= 15 is 0 Å². The fourth-order valence-electron chi connectivity index (χ4n) is 4.24. The summed E-state index contributed by atoms with van der Waals surface area (Å²) in [6.45, 7) is 1.77. The van der Waals surface area contributed by atoms with Crippen LogP contribution in [0.25, 0.3) is 0 Å². The van der Waals surface area contributed by atoms with Gasteiger partial charge in [-0.2, -0.15) is 0 Å². The first kappa shape index (κ1) is 19.2. The standard InChI is InChI=1S/C19H24N2O6/c1-20-11-19(10-15(20)18(25)26)3-5-21(6-4-19)16(22)12-7-13(17(23)24)9-14(8-12)27-2/h7-9,15H,3-6,10-11H2,1-2H3,(H,23,24)(H,25,26)/t15-/m1/s1. The van der Waals surface area contributed by atoms with E-state index in [1.54, 1.807) is 11.0 Å². The molecule has 2 aliphatic rings. The number of carbonyl (C=O) groups is 3. The summed E-state index contributed by atoms with van der Waals surface area (Å²) in [5, 5.41) is 18.6. The number of carboxylic acids is 2. The Morgan fingerprint density at radius 1 is 1.11 bits per heavy atom. The van der Waals surface area contributed by atoms with Crippen molar-refractivity contribution in [3.63, 3.8) is 0 Å². The third-order valence-electron chi connectivity index (χ3n) is 5.78. The lowest BCUT2D eigenvalue weighted by molar-refractivity contribution is -0.141. The number of piperidine rings is 1. The first-order valence-electron chi connectivity index (χ1n) is 8.89. The van der Waals surface area contributed by atoms with E-state index in [4.69, 9.17) is 4.74 Å². The summed E-state index contributed by atoms with van der Waals surface area (Å²) >= 11 is 0. The van der Waals surface area contributed by atoms with Gasteiger partial charge < -0.3 is 19.8 Å². The predicted molar refractivity (Wildman–Crippen MR) is 96.2 cm³/mol. The summed E-state index contributed by atoms with van der Waals surface area (Å²) in [5.74, 6) is -1.82. The number of rotatable bonds is 4. The number of benzene rings is 1. The van der Waals surface area contributed by atoms with Crippen molar-refractivity contribution in [3.05, 3.63) is 29.3 Å². The fourth-order valence-corrected chi connectivity index (χ4v) is 4.24. The van der Waals surface area contributed by atoms with Gasteiger partial charge in [0.05, 0.1) is 12.7 Å². The molecule has 27 heavy (non-hydrogen) atoms. The highest BCUT2D eigenvalue weighted by Crippen LogP contribution is 2.43. The molecule has 0 unspecified atom stereocenters. The fraction of sp³-hybridized carbons (Fsp3) is 0.526. The molecule has 8 nitrogen and oxygen atoms in total. The number of methoxy groups -OCH3 is 1. The summed E-state index contributed by atoms with van der Waals surface area (Å²) in [7, 11) is 3.25. The third-order valence-corrected chi connectivity index (χ3v) is 5.78. The second-order valence-corrected chi connectivity index (χ2v) is 7.52. The van der Waals surface area contributed by atoms with Gasteiger partial charge in [0.15, 0.2) is 0 Å². The van der Waals surface area contributed by atoms with Crippen LogP contribution in [-0.2, 0) is 4.79 Å². The Balaban J connectivity index is 1.72. The van der Waals surface area contributed by atoms with Gasteiger partial charge in [0.1, 0.15) is 11.8 Å². The largest absolute Gasteiger partial charge is 0.497 e. The van der Waals surface area contributed by atoms with E-state index in [0.717, 1.165) is 12.8 Å². The second kappa shape index (κ2) is 7.19. The summed E-state index contributed by atoms with van der Waals surface area (Å²) in [5.41, 5.74) is 0.220. The van der Waals surface area contributed by atoms with Gasteiger partial charge in [0, 0.05) is 25.2 Å². The van der Waals surface area contributed by atoms with Gasteiger partial charge in [-0.05, 0) is 49.9 Å². The van der Waals surface area contributed by atoms with Gasteiger partial charge in [-0.25, -0.2) is 4.79 Å². The Hall–Kier alpha value is -2.61. The molecule has 0 bridgehead atoms. The highest BCUT2D eigenvalue weighted by atomic mass is 16.5. The van der Waals surface area contributed by atoms with Crippen molar-refractivity contribution in [2.24, 2.45) is 5.41 Å². The molecular weight excluding hydrogens is 352 g/mol. The number of likely N-dealkylation sites (tertiary alicyclic amines) is 2. The third kappa shape index (κ3) is 3.75. The number of aliphatic carboxylic acids is 1. The molecule has 2 N–H and O–H groups in total. The Kier molecular flexibility index (Phi) is 5.10. The quantitative estimate of drug-likeness (QED) is 0.818. The first-order chi connectivity index (χ1) is 12.7. The van der Waals surface area contributed by atoms with E-state index in [1.165, 1.54) is 19.2 Å². The zero-order valence-electron chi connectivity index (χ0n) is 15.5. The van der Waals surface area contributed by atoms with Crippen molar-refractivity contribution in [1.29, 1.82) is 0 Å². The average Bonchev–Trinajstić information content (AvgIpc) is 2.97. The molecular formula is C19H24N2O6. The van der Waals surface area contributed by atoms with E-state index in [-0.39, 0.29) is 22.4 Å². The smallest absolute Gasteiger partial charge is 0.335 e. The van der Waals surface area contributed by atoms with E-state index in [9.17, 15) is 24.6 Å². The average molecular weight is 376 g/mol. The number of ether oxygens (including phenoxy) is 1. The second-order valence-electron chi connectivity index (χ2n) is 7.52. The molecule has 8 heteroatoms. The molecule has 0 aromatic heterocycles. The van der Waals surface area contributed by atoms with Crippen molar-refractivity contribution >= 4 is 17.8 Å². The van der Waals surface area contributed by atoms with E-state index in [1.807, 2.05) is 11.9 Å². The molecule has 1 aromatic carbocycles. The van der Waals surface area contributed by atoms with Crippen LogP contribution in [0.4, 0.5) is 0 Å². The minimum absolute atomic E-state index is 0.00731. The van der Waals surface area contributed by atoms with Crippen LogP contribution in [0.3, 0.4) is 0 Å². The Labute approximate surface area is 157 Å². The summed E-state index contributed by atoms with van der Waals surface area (Å²) in [4.78, 5) is 39.1. The molecule has 0 radical (unpaired) electrons. The van der Waals surface area contributed by atoms with Crippen molar-refractivity contribution in [1.82, 2.24) is 9.80 Å². The number of hydrogen-bond donors (Lipinski definition) is 2. The highest BCUT2D eigenvalue weighted by molar-refractivity contribution is 5.98. The monoisotopic (exact) mass is 376 g/mol. The van der Waals surface area contributed by atoms with Crippen molar-refractivity contribution in [2.75, 3.05) is 33.8 Å². The summed E-state index contributed by atoms with van der Waals surface area (Å²) in [6.07, 6.45) is 2.08. The maximum Gasteiger partial charge on any atom is 0.335 e. The predicted octanol–water partition coefficient (Wildman–Crippen LogP) is 1.40. The molecule has 0 aliphatic carbocycles. The van der Waals surface area contributed by atoms with E-state index in [0.29, 0.717) is 31.8 Å². The number of carbonyl (C=O) groups excluding carboxylic acids is 1. The van der Waals surface area contributed by atoms with Crippen molar-refractivity contribution in [3.8, 4) is 5.75 Å². The van der Waals surface area contributed by atoms with Crippen LogP contribution >= 0.6 is 0 Å². The molecule has 146 valence electrons. The number of amides is 1. The van der Waals surface area contributed by atoms with Gasteiger partial charge >= 0.3 is 11.9 Å². The van der Waals surface area contributed by atoms with E-state index < -0.39 is 18.0 Å². The maximum absolute atomic E-state index is 12.9. The van der Waals surface area contributed by atoms with Gasteiger partial charge in [0.25, 0.3) is 5.91 Å². The molecule has 2 saturated heterocycles. The zero-order valence-corrected chi connectivity index (χ0v) is 15.5. The topological polar surface area (TPSA) is 107 Å². The van der Waals surface area contributed by atoms with Crippen LogP contribution in [0.2, 0.25) is 0 Å². The molecule has 3 rings (SSSR count). The van der Waals surface area contributed by atoms with Gasteiger partial charge in [-0.3, -0.25) is 14.5 Å². The Bertz CT molecular complexity index is 769. The number of aromatic carboxylic acids is 1. The van der Waals surface area contributed by atoms with Crippen molar-refractivity contribution < 1.29 is 29.3 Å². The van der Waals surface area contributed by atoms with Crippen LogP contribution < -0.4 is 4.74 Å².